The number of rotatable bonds is 4. The Balaban J connectivity index is 1.84. The van der Waals surface area contributed by atoms with Crippen LogP contribution in [0.3, 0.4) is 0 Å². The molecule has 2 aromatic rings. The number of aromatic hydroxyl groups is 1. The number of aliphatic imine (C=N–C) groups is 1. The van der Waals surface area contributed by atoms with Crippen molar-refractivity contribution in [3.05, 3.63) is 56.2 Å². The van der Waals surface area contributed by atoms with E-state index in [-0.39, 0.29) is 23.3 Å². The average molecular weight is 431 g/mol. The van der Waals surface area contributed by atoms with Crippen LogP contribution < -0.4 is 11.2 Å². The molecule has 0 amide bonds. The molecule has 2 fully saturated rings. The summed E-state index contributed by atoms with van der Waals surface area (Å²) in [5.41, 5.74) is -1.04. The normalized spacial score (nSPS) is 18.6. The zero-order chi connectivity index (χ0) is 22.0. The summed E-state index contributed by atoms with van der Waals surface area (Å²) in [6, 6.07) is 2.76. The summed E-state index contributed by atoms with van der Waals surface area (Å²) in [6.45, 7) is 0. The zero-order valence-electron chi connectivity index (χ0n) is 17.4. The Kier molecular flexibility index (Phi) is 6.34. The molecule has 1 aromatic heterocycles. The van der Waals surface area contributed by atoms with Crippen molar-refractivity contribution in [3.63, 3.8) is 0 Å². The molecule has 2 saturated carbocycles. The Labute approximate surface area is 178 Å². The maximum absolute atomic E-state index is 13.5. The first-order chi connectivity index (χ1) is 15.0. The summed E-state index contributed by atoms with van der Waals surface area (Å²) in [5, 5.41) is 10.9. The van der Waals surface area contributed by atoms with Crippen LogP contribution in [0.2, 0.25) is 0 Å². The van der Waals surface area contributed by atoms with Crippen LogP contribution >= 0.6 is 0 Å². The molecule has 0 radical (unpaired) electrons. The third kappa shape index (κ3) is 4.34. The highest BCUT2D eigenvalue weighted by Gasteiger charge is 2.28. The maximum Gasteiger partial charge on any atom is 0.334 e. The fourth-order valence-corrected chi connectivity index (χ4v) is 4.80. The van der Waals surface area contributed by atoms with E-state index in [4.69, 9.17) is 0 Å². The van der Waals surface area contributed by atoms with Gasteiger partial charge in [0.05, 0.1) is 5.69 Å². The highest BCUT2D eigenvalue weighted by Crippen LogP contribution is 2.31. The first-order valence-electron chi connectivity index (χ1n) is 11.1. The molecular weight excluding hydrogens is 404 g/mol. The Morgan fingerprint density at radius 2 is 1.45 bits per heavy atom. The first-order valence-corrected chi connectivity index (χ1v) is 11.1. The summed E-state index contributed by atoms with van der Waals surface area (Å²) >= 11 is 0. The van der Waals surface area contributed by atoms with E-state index in [0.29, 0.717) is 0 Å². The fraction of sp³-hybridized carbons (Fsp3) is 0.522. The van der Waals surface area contributed by atoms with E-state index in [1.165, 1.54) is 15.2 Å². The summed E-state index contributed by atoms with van der Waals surface area (Å²) in [7, 11) is 0. The quantitative estimate of drug-likeness (QED) is 0.710. The molecule has 8 heteroatoms. The van der Waals surface area contributed by atoms with Crippen molar-refractivity contribution >= 4 is 11.9 Å². The van der Waals surface area contributed by atoms with Crippen LogP contribution in [0.25, 0.3) is 0 Å². The number of halogens is 2. The fourth-order valence-electron chi connectivity index (χ4n) is 4.80. The second kappa shape index (κ2) is 9.16. The zero-order valence-corrected chi connectivity index (χ0v) is 17.4. The summed E-state index contributed by atoms with van der Waals surface area (Å²) < 4.78 is 29.3. The minimum Gasteiger partial charge on any atom is -0.494 e. The van der Waals surface area contributed by atoms with Crippen molar-refractivity contribution in [2.45, 2.75) is 76.3 Å². The predicted molar refractivity (Wildman–Crippen MR) is 114 cm³/mol. The van der Waals surface area contributed by atoms with E-state index in [9.17, 15) is 23.5 Å². The highest BCUT2D eigenvalue weighted by atomic mass is 19.2. The lowest BCUT2D eigenvalue weighted by molar-refractivity contribution is 0.271. The molecule has 1 heterocycles. The number of hydrogen-bond donors (Lipinski definition) is 1. The molecule has 0 aliphatic heterocycles. The van der Waals surface area contributed by atoms with Crippen LogP contribution in [0.5, 0.6) is 5.88 Å². The van der Waals surface area contributed by atoms with Gasteiger partial charge in [-0.05, 0) is 37.8 Å². The van der Waals surface area contributed by atoms with Gasteiger partial charge in [-0.2, -0.15) is 0 Å². The van der Waals surface area contributed by atoms with Crippen LogP contribution in [-0.4, -0.2) is 20.5 Å². The molecule has 0 atom stereocenters. The van der Waals surface area contributed by atoms with Crippen LogP contribution in [0.15, 0.2) is 32.8 Å². The van der Waals surface area contributed by atoms with Gasteiger partial charge in [-0.3, -0.25) is 18.9 Å². The number of nitrogens with zero attached hydrogens (tertiary/aromatic N) is 3. The highest BCUT2D eigenvalue weighted by molar-refractivity contribution is 5.84. The van der Waals surface area contributed by atoms with Crippen LogP contribution in [-0.2, 0) is 0 Å². The smallest absolute Gasteiger partial charge is 0.334 e. The Morgan fingerprint density at radius 3 is 2.03 bits per heavy atom. The monoisotopic (exact) mass is 431 g/mol. The lowest BCUT2D eigenvalue weighted by Crippen LogP contribution is -2.45. The number of hydrogen-bond acceptors (Lipinski definition) is 4. The van der Waals surface area contributed by atoms with E-state index in [0.717, 1.165) is 82.6 Å². The summed E-state index contributed by atoms with van der Waals surface area (Å²) in [5.74, 6) is -2.45. The van der Waals surface area contributed by atoms with Gasteiger partial charge in [-0.25, -0.2) is 13.6 Å². The topological polar surface area (TPSA) is 76.6 Å². The van der Waals surface area contributed by atoms with Gasteiger partial charge in [0.1, 0.15) is 5.56 Å². The van der Waals surface area contributed by atoms with Gasteiger partial charge in [0.25, 0.3) is 5.56 Å². The Bertz CT molecular complexity index is 1090. The molecule has 0 bridgehead atoms. The molecular formula is C23H27F2N3O3. The largest absolute Gasteiger partial charge is 0.494 e. The molecule has 166 valence electrons. The van der Waals surface area contributed by atoms with Crippen molar-refractivity contribution in [2.75, 3.05) is 0 Å². The Morgan fingerprint density at radius 1 is 0.871 bits per heavy atom. The Hall–Kier alpha value is -2.77. The van der Waals surface area contributed by atoms with E-state index < -0.39 is 28.8 Å². The van der Waals surface area contributed by atoms with Gasteiger partial charge in [-0.15, -0.1) is 0 Å². The van der Waals surface area contributed by atoms with E-state index >= 15 is 0 Å². The van der Waals surface area contributed by atoms with Crippen molar-refractivity contribution < 1.29 is 13.9 Å². The molecule has 2 aliphatic carbocycles. The number of aromatic nitrogens is 2. The van der Waals surface area contributed by atoms with E-state index in [2.05, 4.69) is 4.99 Å². The maximum atomic E-state index is 13.5. The van der Waals surface area contributed by atoms with Crippen molar-refractivity contribution in [2.24, 2.45) is 4.99 Å². The van der Waals surface area contributed by atoms with Gasteiger partial charge >= 0.3 is 5.69 Å². The van der Waals surface area contributed by atoms with Gasteiger partial charge in [0, 0.05) is 24.4 Å². The summed E-state index contributed by atoms with van der Waals surface area (Å²) in [4.78, 5) is 30.7. The summed E-state index contributed by atoms with van der Waals surface area (Å²) in [6.07, 6.45) is 10.1. The lowest BCUT2D eigenvalue weighted by Gasteiger charge is -2.29. The number of benzene rings is 1. The third-order valence-electron chi connectivity index (χ3n) is 6.46. The molecule has 31 heavy (non-hydrogen) atoms. The van der Waals surface area contributed by atoms with Gasteiger partial charge in [0.15, 0.2) is 11.6 Å². The van der Waals surface area contributed by atoms with Crippen LogP contribution in [0.1, 0.15) is 81.9 Å². The molecule has 0 spiro atoms. The van der Waals surface area contributed by atoms with Gasteiger partial charge in [0.2, 0.25) is 5.88 Å². The second-order valence-corrected chi connectivity index (χ2v) is 8.51. The minimum atomic E-state index is -1.05. The minimum absolute atomic E-state index is 0.0968. The average Bonchev–Trinajstić information content (AvgIpc) is 2.77. The lowest BCUT2D eigenvalue weighted by atomic mass is 9.94. The standard InChI is InChI=1S/C23H27F2N3O3/c24-19-12-11-15(13-20(19)25)26-14-18-21(29)27(16-7-3-1-4-8-16)23(31)28(22(18)30)17-9-5-2-6-10-17/h11-14,16-17,29H,1-10H2. The molecule has 4 rings (SSSR count). The molecule has 1 N–H and O–H groups in total. The van der Waals surface area contributed by atoms with E-state index in [1.807, 2.05) is 0 Å². The van der Waals surface area contributed by atoms with Crippen molar-refractivity contribution in [1.29, 1.82) is 0 Å². The van der Waals surface area contributed by atoms with Crippen molar-refractivity contribution in [1.82, 2.24) is 9.13 Å². The molecule has 1 aromatic carbocycles. The predicted octanol–water partition coefficient (Wildman–Crippen LogP) is 4.75. The van der Waals surface area contributed by atoms with Gasteiger partial charge in [-0.1, -0.05) is 38.5 Å². The molecule has 6 nitrogen and oxygen atoms in total. The van der Waals surface area contributed by atoms with Crippen LogP contribution in [0, 0.1) is 11.6 Å². The molecule has 0 unspecified atom stereocenters. The van der Waals surface area contributed by atoms with Crippen molar-refractivity contribution in [3.8, 4) is 5.88 Å². The van der Waals surface area contributed by atoms with E-state index in [1.54, 1.807) is 0 Å². The van der Waals surface area contributed by atoms with Crippen LogP contribution in [0.4, 0.5) is 14.5 Å². The molecule has 2 aliphatic rings. The SMILES string of the molecule is O=c1c(C=Nc2ccc(F)c(F)c2)c(O)n(C2CCCCC2)c(=O)n1C1CCCCC1. The third-order valence-corrected chi connectivity index (χ3v) is 6.46. The van der Waals surface area contributed by atoms with Gasteiger partial charge < -0.3 is 5.11 Å². The first kappa shape index (κ1) is 21.5. The molecule has 0 saturated heterocycles. The second-order valence-electron chi connectivity index (χ2n) is 8.51.